The molecule has 0 heteroatoms. The van der Waals surface area contributed by atoms with Crippen LogP contribution >= 0.6 is 0 Å². The lowest BCUT2D eigenvalue weighted by Crippen LogP contribution is -1.96. The van der Waals surface area contributed by atoms with Crippen LogP contribution in [0.2, 0.25) is 0 Å². The minimum Gasteiger partial charge on any atom is -0.0955 e. The first-order chi connectivity index (χ1) is 11.0. The van der Waals surface area contributed by atoms with Crippen LogP contribution in [0.3, 0.4) is 0 Å². The van der Waals surface area contributed by atoms with E-state index in [2.05, 4.69) is 58.5 Å². The van der Waals surface area contributed by atoms with Gasteiger partial charge in [-0.15, -0.1) is 0 Å². The molecular weight excluding hydrogens is 276 g/mol. The molecule has 0 amide bonds. The van der Waals surface area contributed by atoms with Crippen molar-refractivity contribution < 1.29 is 0 Å². The zero-order chi connectivity index (χ0) is 18.7. The van der Waals surface area contributed by atoms with Crippen molar-refractivity contribution in [1.82, 2.24) is 0 Å². The second kappa shape index (κ2) is 21.0. The molecule has 1 rings (SSSR count). The van der Waals surface area contributed by atoms with Gasteiger partial charge in [-0.1, -0.05) is 123 Å². The Morgan fingerprint density at radius 3 is 1.70 bits per heavy atom. The molecule has 0 spiro atoms. The van der Waals surface area contributed by atoms with Gasteiger partial charge in [-0.25, -0.2) is 0 Å². The first-order valence-electron chi connectivity index (χ1n) is 9.77. The molecule has 0 unspecified atom stereocenters. The average molecular weight is 321 g/mol. The molecule has 0 fully saturated rings. The van der Waals surface area contributed by atoms with Gasteiger partial charge in [-0.05, 0) is 25.3 Å². The molecule has 1 aromatic rings. The average Bonchev–Trinajstić information content (AvgIpc) is 2.59. The van der Waals surface area contributed by atoms with E-state index >= 15 is 0 Å². The number of aryl methyl sites for hydroxylation is 1. The third kappa shape index (κ3) is 17.2. The maximum absolute atomic E-state index is 3.87. The van der Waals surface area contributed by atoms with Crippen molar-refractivity contribution in [1.29, 1.82) is 0 Å². The summed E-state index contributed by atoms with van der Waals surface area (Å²) in [6.45, 7) is 22.8. The molecule has 0 heterocycles. The Morgan fingerprint density at radius 1 is 0.957 bits per heavy atom. The predicted octanol–water partition coefficient (Wildman–Crippen LogP) is 8.69. The lowest BCUT2D eigenvalue weighted by atomic mass is 9.96. The van der Waals surface area contributed by atoms with Crippen LogP contribution in [-0.4, -0.2) is 0 Å². The zero-order valence-corrected chi connectivity index (χ0v) is 17.6. The Kier molecular flexibility index (Phi) is 24.5. The third-order valence-electron chi connectivity index (χ3n) is 3.48. The number of benzene rings is 1. The van der Waals surface area contributed by atoms with E-state index in [4.69, 9.17) is 0 Å². The second-order valence-corrected chi connectivity index (χ2v) is 5.50. The highest BCUT2D eigenvalue weighted by Crippen LogP contribution is 2.16. The van der Waals surface area contributed by atoms with E-state index in [0.29, 0.717) is 0 Å². The summed E-state index contributed by atoms with van der Waals surface area (Å²) < 4.78 is 0. The van der Waals surface area contributed by atoms with Crippen LogP contribution in [0.25, 0.3) is 5.57 Å². The van der Waals surface area contributed by atoms with Crippen molar-refractivity contribution in [3.63, 3.8) is 0 Å². The molecule has 0 saturated heterocycles. The fraction of sp³-hybridized carbons (Fsp3) is 0.652. The first kappa shape index (κ1) is 26.8. The van der Waals surface area contributed by atoms with Crippen LogP contribution in [0.4, 0.5) is 0 Å². The minimum absolute atomic E-state index is 1.01. The van der Waals surface area contributed by atoms with Gasteiger partial charge in [-0.2, -0.15) is 0 Å². The van der Waals surface area contributed by atoms with E-state index in [0.717, 1.165) is 11.5 Å². The smallest absolute Gasteiger partial charge is 0.0231 e. The Labute approximate surface area is 148 Å². The molecule has 0 radical (unpaired) electrons. The maximum Gasteiger partial charge on any atom is -0.0231 e. The molecule has 136 valence electrons. The Morgan fingerprint density at radius 2 is 1.43 bits per heavy atom. The van der Waals surface area contributed by atoms with Crippen molar-refractivity contribution >= 4 is 5.57 Å². The Bertz CT molecular complexity index is 343. The standard InChI is InChI=1S/C10H12.C9H20.2C2H6/c1-8(2)10-6-4-5-9(3)7-10;1-4-7-9(6-3)8-5-2;2*1-2/h4-7H,1H2,2-3H3;9H,4-8H2,1-3H3;2*1-2H3. The van der Waals surface area contributed by atoms with Gasteiger partial charge in [0, 0.05) is 0 Å². The number of allylic oxidation sites excluding steroid dienone is 1. The van der Waals surface area contributed by atoms with Gasteiger partial charge in [0.1, 0.15) is 0 Å². The highest BCUT2D eigenvalue weighted by molar-refractivity contribution is 5.61. The highest BCUT2D eigenvalue weighted by atomic mass is 14.1. The van der Waals surface area contributed by atoms with Crippen molar-refractivity contribution in [2.24, 2.45) is 5.92 Å². The SMILES string of the molecule is C=C(C)c1cccc(C)c1.CC.CC.CCCC(CC)CCC. The minimum atomic E-state index is 1.01. The fourth-order valence-corrected chi connectivity index (χ4v) is 2.28. The van der Waals surface area contributed by atoms with Crippen LogP contribution in [0.5, 0.6) is 0 Å². The highest BCUT2D eigenvalue weighted by Gasteiger charge is 2.01. The summed E-state index contributed by atoms with van der Waals surface area (Å²) >= 11 is 0. The van der Waals surface area contributed by atoms with E-state index in [-0.39, 0.29) is 0 Å². The van der Waals surface area contributed by atoms with Crippen molar-refractivity contribution in [2.45, 2.75) is 94.4 Å². The number of hydrogen-bond acceptors (Lipinski definition) is 0. The molecule has 23 heavy (non-hydrogen) atoms. The molecule has 1 aromatic carbocycles. The maximum atomic E-state index is 3.87. The fourth-order valence-electron chi connectivity index (χ4n) is 2.28. The monoisotopic (exact) mass is 320 g/mol. The van der Waals surface area contributed by atoms with Crippen molar-refractivity contribution in [3.05, 3.63) is 42.0 Å². The number of hydrogen-bond donors (Lipinski definition) is 0. The topological polar surface area (TPSA) is 0 Å². The summed E-state index contributed by atoms with van der Waals surface area (Å²) in [6, 6.07) is 8.36. The van der Waals surface area contributed by atoms with Gasteiger partial charge in [0.25, 0.3) is 0 Å². The summed E-state index contributed by atoms with van der Waals surface area (Å²) in [5.41, 5.74) is 3.66. The summed E-state index contributed by atoms with van der Waals surface area (Å²) in [7, 11) is 0. The first-order valence-corrected chi connectivity index (χ1v) is 9.77. The van der Waals surface area contributed by atoms with E-state index in [1.54, 1.807) is 0 Å². The molecule has 0 saturated carbocycles. The van der Waals surface area contributed by atoms with Gasteiger partial charge in [0.2, 0.25) is 0 Å². The molecule has 0 aliphatic heterocycles. The molecule has 0 aliphatic carbocycles. The third-order valence-corrected chi connectivity index (χ3v) is 3.48. The van der Waals surface area contributed by atoms with Crippen molar-refractivity contribution in [3.8, 4) is 0 Å². The van der Waals surface area contributed by atoms with Crippen LogP contribution in [0.15, 0.2) is 30.8 Å². The van der Waals surface area contributed by atoms with Gasteiger partial charge < -0.3 is 0 Å². The van der Waals surface area contributed by atoms with Crippen molar-refractivity contribution in [2.75, 3.05) is 0 Å². The lowest BCUT2D eigenvalue weighted by molar-refractivity contribution is 0.427. The van der Waals surface area contributed by atoms with E-state index in [1.807, 2.05) is 34.6 Å². The summed E-state index contributed by atoms with van der Waals surface area (Å²) in [4.78, 5) is 0. The summed E-state index contributed by atoms with van der Waals surface area (Å²) in [5, 5.41) is 0. The van der Waals surface area contributed by atoms with Crippen LogP contribution in [-0.2, 0) is 0 Å². The van der Waals surface area contributed by atoms with E-state index < -0.39 is 0 Å². The lowest BCUT2D eigenvalue weighted by Gasteiger charge is -2.10. The van der Waals surface area contributed by atoms with Crippen LogP contribution in [0, 0.1) is 12.8 Å². The Balaban J connectivity index is -0.000000287. The van der Waals surface area contributed by atoms with Gasteiger partial charge in [-0.3, -0.25) is 0 Å². The van der Waals surface area contributed by atoms with Crippen LogP contribution < -0.4 is 0 Å². The molecule has 0 aromatic heterocycles. The molecule has 0 atom stereocenters. The quantitative estimate of drug-likeness (QED) is 0.491. The van der Waals surface area contributed by atoms with Gasteiger partial charge >= 0.3 is 0 Å². The molecule has 0 bridgehead atoms. The van der Waals surface area contributed by atoms with Gasteiger partial charge in [0.15, 0.2) is 0 Å². The van der Waals surface area contributed by atoms with Gasteiger partial charge in [0.05, 0.1) is 0 Å². The predicted molar refractivity (Wildman–Crippen MR) is 112 cm³/mol. The molecule has 0 aliphatic rings. The molecule has 0 nitrogen and oxygen atoms in total. The van der Waals surface area contributed by atoms with E-state index in [1.165, 1.54) is 43.2 Å². The number of rotatable bonds is 6. The zero-order valence-electron chi connectivity index (χ0n) is 17.6. The summed E-state index contributed by atoms with van der Waals surface area (Å²) in [5.74, 6) is 1.01. The normalized spacial score (nSPS) is 8.78. The molecule has 0 N–H and O–H groups in total. The largest absolute Gasteiger partial charge is 0.0955 e. The van der Waals surface area contributed by atoms with E-state index in [9.17, 15) is 0 Å². The van der Waals surface area contributed by atoms with Crippen LogP contribution in [0.1, 0.15) is 98.6 Å². The molecular formula is C23H44. The second-order valence-electron chi connectivity index (χ2n) is 5.50. The Hall–Kier alpha value is -1.04. The summed E-state index contributed by atoms with van der Waals surface area (Å²) in [6.07, 6.45) is 6.97.